The predicted molar refractivity (Wildman–Crippen MR) is 47.1 cm³/mol. The summed E-state index contributed by atoms with van der Waals surface area (Å²) in [7, 11) is 0. The van der Waals surface area contributed by atoms with Crippen molar-refractivity contribution in [2.75, 3.05) is 32.8 Å². The Labute approximate surface area is 69.3 Å². The van der Waals surface area contributed by atoms with Gasteiger partial charge in [-0.15, -0.1) is 0 Å². The zero-order chi connectivity index (χ0) is 7.40. The van der Waals surface area contributed by atoms with Crippen molar-refractivity contribution in [3.63, 3.8) is 0 Å². The van der Waals surface area contributed by atoms with Crippen molar-refractivity contribution >= 4 is 0 Å². The van der Waals surface area contributed by atoms with Crippen molar-refractivity contribution in [2.24, 2.45) is 5.92 Å². The minimum absolute atomic E-state index is 0. The molecule has 1 heterocycles. The third-order valence-corrected chi connectivity index (χ3v) is 1.73. The van der Waals surface area contributed by atoms with Crippen molar-refractivity contribution in [3.8, 4) is 0 Å². The van der Waals surface area contributed by atoms with Gasteiger partial charge in [-0.1, -0.05) is 13.8 Å². The second kappa shape index (κ2) is 5.52. The molecule has 0 radical (unpaired) electrons. The highest BCUT2D eigenvalue weighted by atomic mass is 16.5. The van der Waals surface area contributed by atoms with Gasteiger partial charge in [-0.05, 0) is 5.92 Å². The van der Waals surface area contributed by atoms with Crippen molar-refractivity contribution in [3.05, 3.63) is 0 Å². The second-order valence-electron chi connectivity index (χ2n) is 3.31. The van der Waals surface area contributed by atoms with Crippen LogP contribution in [0.25, 0.3) is 0 Å². The number of rotatable bonds is 2. The average Bonchev–Trinajstić information content (AvgIpc) is 1.88. The molecule has 0 unspecified atom stereocenters. The molecule has 0 spiro atoms. The lowest BCUT2D eigenvalue weighted by Gasteiger charge is -2.27. The Bertz CT molecular complexity index is 90.1. The van der Waals surface area contributed by atoms with Gasteiger partial charge in [-0.2, -0.15) is 0 Å². The fourth-order valence-electron chi connectivity index (χ4n) is 1.30. The molecular formula is C8H20N2O. The van der Waals surface area contributed by atoms with Gasteiger partial charge in [-0.25, -0.2) is 0 Å². The van der Waals surface area contributed by atoms with Gasteiger partial charge in [0.05, 0.1) is 13.2 Å². The van der Waals surface area contributed by atoms with E-state index in [2.05, 4.69) is 18.7 Å². The van der Waals surface area contributed by atoms with E-state index in [4.69, 9.17) is 4.74 Å². The number of hydrogen-bond acceptors (Lipinski definition) is 3. The van der Waals surface area contributed by atoms with Crippen LogP contribution in [0.4, 0.5) is 0 Å². The Morgan fingerprint density at radius 3 is 2.27 bits per heavy atom. The molecule has 1 rings (SSSR count). The quantitative estimate of drug-likeness (QED) is 0.659. The summed E-state index contributed by atoms with van der Waals surface area (Å²) in [4.78, 5) is 2.47. The summed E-state index contributed by atoms with van der Waals surface area (Å²) in [5.74, 6) is 0.790. The zero-order valence-electron chi connectivity index (χ0n) is 7.68. The van der Waals surface area contributed by atoms with Crippen LogP contribution in [0.2, 0.25) is 0 Å². The molecule has 11 heavy (non-hydrogen) atoms. The van der Waals surface area contributed by atoms with Gasteiger partial charge in [0.15, 0.2) is 0 Å². The standard InChI is InChI=1S/C8H17NO.H3N/c1-8(2)7-9-3-5-10-6-4-9;/h8H,3-7H2,1-2H3;1H3. The normalized spacial score (nSPS) is 19.9. The van der Waals surface area contributed by atoms with Gasteiger partial charge in [0.25, 0.3) is 0 Å². The predicted octanol–water partition coefficient (Wildman–Crippen LogP) is 1.14. The second-order valence-corrected chi connectivity index (χ2v) is 3.31. The topological polar surface area (TPSA) is 47.5 Å². The number of nitrogens with zero attached hydrogens (tertiary/aromatic N) is 1. The molecule has 3 heteroatoms. The van der Waals surface area contributed by atoms with E-state index >= 15 is 0 Å². The van der Waals surface area contributed by atoms with Gasteiger partial charge in [-0.3, -0.25) is 4.90 Å². The molecule has 0 saturated carbocycles. The van der Waals surface area contributed by atoms with E-state index in [0.29, 0.717) is 0 Å². The largest absolute Gasteiger partial charge is 0.379 e. The monoisotopic (exact) mass is 160 g/mol. The van der Waals surface area contributed by atoms with Crippen LogP contribution in [0.3, 0.4) is 0 Å². The van der Waals surface area contributed by atoms with Crippen LogP contribution >= 0.6 is 0 Å². The molecule has 0 bridgehead atoms. The van der Waals surface area contributed by atoms with Crippen LogP contribution in [-0.2, 0) is 4.74 Å². The maximum Gasteiger partial charge on any atom is 0.0594 e. The minimum atomic E-state index is 0. The highest BCUT2D eigenvalue weighted by Gasteiger charge is 2.10. The third kappa shape index (κ3) is 4.35. The highest BCUT2D eigenvalue weighted by molar-refractivity contribution is 4.62. The fraction of sp³-hybridized carbons (Fsp3) is 1.00. The van der Waals surface area contributed by atoms with Gasteiger partial charge in [0.2, 0.25) is 0 Å². The van der Waals surface area contributed by atoms with E-state index in [1.165, 1.54) is 6.54 Å². The highest BCUT2D eigenvalue weighted by Crippen LogP contribution is 2.01. The van der Waals surface area contributed by atoms with E-state index in [1.807, 2.05) is 0 Å². The number of ether oxygens (including phenoxy) is 1. The minimum Gasteiger partial charge on any atom is -0.379 e. The first-order chi connectivity index (χ1) is 4.79. The molecule has 3 nitrogen and oxygen atoms in total. The van der Waals surface area contributed by atoms with E-state index < -0.39 is 0 Å². The first kappa shape index (κ1) is 10.9. The van der Waals surface area contributed by atoms with Crippen LogP contribution in [0, 0.1) is 5.92 Å². The van der Waals surface area contributed by atoms with E-state index in [9.17, 15) is 0 Å². The molecule has 0 aliphatic carbocycles. The molecule has 0 amide bonds. The van der Waals surface area contributed by atoms with E-state index in [-0.39, 0.29) is 6.15 Å². The summed E-state index contributed by atoms with van der Waals surface area (Å²) in [5, 5.41) is 0. The Morgan fingerprint density at radius 1 is 1.27 bits per heavy atom. The molecule has 0 aromatic rings. The molecule has 1 aliphatic heterocycles. The number of morpholine rings is 1. The summed E-state index contributed by atoms with van der Waals surface area (Å²) in [6, 6.07) is 0. The smallest absolute Gasteiger partial charge is 0.0594 e. The first-order valence-electron chi connectivity index (χ1n) is 4.09. The summed E-state index contributed by atoms with van der Waals surface area (Å²) in [6.45, 7) is 9.84. The molecule has 0 aromatic heterocycles. The van der Waals surface area contributed by atoms with E-state index in [0.717, 1.165) is 32.2 Å². The van der Waals surface area contributed by atoms with Crippen LogP contribution in [-0.4, -0.2) is 37.7 Å². The Morgan fingerprint density at radius 2 is 1.82 bits per heavy atom. The molecule has 1 fully saturated rings. The molecule has 68 valence electrons. The third-order valence-electron chi connectivity index (χ3n) is 1.73. The fourth-order valence-corrected chi connectivity index (χ4v) is 1.30. The zero-order valence-corrected chi connectivity index (χ0v) is 7.68. The molecule has 0 atom stereocenters. The van der Waals surface area contributed by atoms with Crippen molar-refractivity contribution in [1.29, 1.82) is 0 Å². The van der Waals surface area contributed by atoms with Crippen LogP contribution in [0.15, 0.2) is 0 Å². The van der Waals surface area contributed by atoms with Crippen molar-refractivity contribution in [2.45, 2.75) is 13.8 Å². The van der Waals surface area contributed by atoms with Crippen LogP contribution < -0.4 is 6.15 Å². The van der Waals surface area contributed by atoms with E-state index in [1.54, 1.807) is 0 Å². The van der Waals surface area contributed by atoms with Gasteiger partial charge >= 0.3 is 0 Å². The summed E-state index contributed by atoms with van der Waals surface area (Å²) < 4.78 is 5.24. The van der Waals surface area contributed by atoms with Crippen molar-refractivity contribution < 1.29 is 4.74 Å². The Kier molecular flexibility index (Phi) is 5.46. The summed E-state index contributed by atoms with van der Waals surface area (Å²) >= 11 is 0. The Balaban J connectivity index is 0.000001000. The lowest BCUT2D eigenvalue weighted by atomic mass is 10.2. The molecule has 1 aliphatic rings. The van der Waals surface area contributed by atoms with Crippen LogP contribution in [0.1, 0.15) is 13.8 Å². The van der Waals surface area contributed by atoms with Gasteiger partial charge < -0.3 is 10.9 Å². The van der Waals surface area contributed by atoms with Crippen molar-refractivity contribution in [1.82, 2.24) is 11.1 Å². The van der Waals surface area contributed by atoms with Crippen LogP contribution in [0.5, 0.6) is 0 Å². The van der Waals surface area contributed by atoms with Gasteiger partial charge in [0, 0.05) is 19.6 Å². The molecule has 1 saturated heterocycles. The Hall–Kier alpha value is -0.120. The average molecular weight is 160 g/mol. The maximum atomic E-state index is 5.24. The summed E-state index contributed by atoms with van der Waals surface area (Å²) in [5.41, 5.74) is 0. The lowest BCUT2D eigenvalue weighted by Crippen LogP contribution is -2.38. The lowest BCUT2D eigenvalue weighted by molar-refractivity contribution is 0.0329. The molecule has 3 N–H and O–H groups in total. The SMILES string of the molecule is CC(C)CN1CCOCC1.N. The first-order valence-corrected chi connectivity index (χ1v) is 4.09. The summed E-state index contributed by atoms with van der Waals surface area (Å²) in [6.07, 6.45) is 0. The maximum absolute atomic E-state index is 5.24. The number of hydrogen-bond donors (Lipinski definition) is 1. The molecule has 0 aromatic carbocycles. The van der Waals surface area contributed by atoms with Gasteiger partial charge in [0.1, 0.15) is 0 Å². The molecular weight excluding hydrogens is 140 g/mol.